The lowest BCUT2D eigenvalue weighted by molar-refractivity contribution is 0.165. The number of benzene rings is 1. The summed E-state index contributed by atoms with van der Waals surface area (Å²) in [6.07, 6.45) is 1.79. The van der Waals surface area contributed by atoms with Gasteiger partial charge >= 0.3 is 6.09 Å². The van der Waals surface area contributed by atoms with Crippen LogP contribution in [0.25, 0.3) is 0 Å². The average molecular weight is 277 g/mol. The standard InChI is InChI=1S/C15H23N3O2/c1-3-18(2)15(19)20-12-6-7-13-11(5-4-8-16)10-17-14(13)9-12/h6-7,9,11,17H,3-5,8,10,16H2,1-2H3. The summed E-state index contributed by atoms with van der Waals surface area (Å²) < 4.78 is 5.34. The molecule has 110 valence electrons. The third-order valence-corrected chi connectivity index (χ3v) is 3.75. The first-order valence-electron chi connectivity index (χ1n) is 7.16. The second-order valence-corrected chi connectivity index (χ2v) is 5.14. The van der Waals surface area contributed by atoms with Gasteiger partial charge in [-0.25, -0.2) is 4.79 Å². The van der Waals surface area contributed by atoms with Crippen LogP contribution in [-0.4, -0.2) is 37.7 Å². The van der Waals surface area contributed by atoms with E-state index in [4.69, 9.17) is 10.5 Å². The smallest absolute Gasteiger partial charge is 0.410 e. The van der Waals surface area contributed by atoms with E-state index >= 15 is 0 Å². The summed E-state index contributed by atoms with van der Waals surface area (Å²) in [6.45, 7) is 4.20. The van der Waals surface area contributed by atoms with E-state index in [2.05, 4.69) is 5.32 Å². The molecule has 0 aliphatic carbocycles. The highest BCUT2D eigenvalue weighted by molar-refractivity contribution is 5.71. The van der Waals surface area contributed by atoms with Gasteiger partial charge in [0.15, 0.2) is 0 Å². The number of rotatable bonds is 5. The maximum atomic E-state index is 11.7. The number of nitrogens with two attached hydrogens (primary N) is 1. The van der Waals surface area contributed by atoms with Crippen LogP contribution in [0.3, 0.4) is 0 Å². The van der Waals surface area contributed by atoms with E-state index in [1.54, 1.807) is 7.05 Å². The molecule has 0 fully saturated rings. The van der Waals surface area contributed by atoms with E-state index in [1.807, 2.05) is 25.1 Å². The number of hydrogen-bond acceptors (Lipinski definition) is 4. The van der Waals surface area contributed by atoms with Gasteiger partial charge in [0.05, 0.1) is 0 Å². The van der Waals surface area contributed by atoms with Crippen LogP contribution in [0.1, 0.15) is 31.2 Å². The summed E-state index contributed by atoms with van der Waals surface area (Å²) in [6, 6.07) is 5.81. The number of nitrogens with zero attached hydrogens (tertiary/aromatic N) is 1. The number of fused-ring (bicyclic) bond motifs is 1. The van der Waals surface area contributed by atoms with Gasteiger partial charge in [0.25, 0.3) is 0 Å². The Morgan fingerprint density at radius 3 is 3.05 bits per heavy atom. The molecule has 0 saturated heterocycles. The topological polar surface area (TPSA) is 67.6 Å². The normalized spacial score (nSPS) is 16.4. The van der Waals surface area contributed by atoms with Gasteiger partial charge in [0.1, 0.15) is 5.75 Å². The first-order valence-corrected chi connectivity index (χ1v) is 7.16. The molecule has 0 radical (unpaired) electrons. The molecule has 0 saturated carbocycles. The number of amides is 1. The monoisotopic (exact) mass is 277 g/mol. The van der Waals surface area contributed by atoms with Crippen LogP contribution in [-0.2, 0) is 0 Å². The molecule has 1 amide bonds. The third kappa shape index (κ3) is 3.22. The lowest BCUT2D eigenvalue weighted by Gasteiger charge is -2.15. The molecule has 1 heterocycles. The maximum absolute atomic E-state index is 11.7. The van der Waals surface area contributed by atoms with Crippen molar-refractivity contribution >= 4 is 11.8 Å². The second kappa shape index (κ2) is 6.61. The molecule has 20 heavy (non-hydrogen) atoms. The van der Waals surface area contributed by atoms with Gasteiger partial charge in [-0.2, -0.15) is 0 Å². The molecule has 2 rings (SSSR count). The molecular weight excluding hydrogens is 254 g/mol. The van der Waals surface area contributed by atoms with Crippen molar-refractivity contribution in [2.45, 2.75) is 25.7 Å². The average Bonchev–Trinajstić information content (AvgIpc) is 2.86. The highest BCUT2D eigenvalue weighted by Gasteiger charge is 2.22. The van der Waals surface area contributed by atoms with Gasteiger partial charge in [-0.05, 0) is 37.9 Å². The number of carbonyl (C=O) groups excluding carboxylic acids is 1. The van der Waals surface area contributed by atoms with Crippen molar-refractivity contribution in [3.05, 3.63) is 23.8 Å². The molecule has 1 aliphatic rings. The van der Waals surface area contributed by atoms with Crippen LogP contribution in [0, 0.1) is 0 Å². The van der Waals surface area contributed by atoms with Gasteiger partial charge in [-0.15, -0.1) is 0 Å². The number of nitrogens with one attached hydrogen (secondary N) is 1. The summed E-state index contributed by atoms with van der Waals surface area (Å²) in [5.74, 6) is 1.10. The van der Waals surface area contributed by atoms with Crippen LogP contribution in [0.2, 0.25) is 0 Å². The molecule has 1 atom stereocenters. The fourth-order valence-corrected chi connectivity index (χ4v) is 2.38. The predicted molar refractivity (Wildman–Crippen MR) is 80.3 cm³/mol. The summed E-state index contributed by atoms with van der Waals surface area (Å²) in [5, 5.41) is 3.37. The van der Waals surface area contributed by atoms with E-state index in [0.717, 1.165) is 31.6 Å². The van der Waals surface area contributed by atoms with E-state index in [0.29, 0.717) is 18.2 Å². The zero-order chi connectivity index (χ0) is 14.5. The minimum Gasteiger partial charge on any atom is -0.410 e. The molecule has 1 aromatic carbocycles. The highest BCUT2D eigenvalue weighted by atomic mass is 16.6. The zero-order valence-electron chi connectivity index (χ0n) is 12.2. The molecule has 5 nitrogen and oxygen atoms in total. The Balaban J connectivity index is 2.04. The van der Waals surface area contributed by atoms with E-state index in [1.165, 1.54) is 10.5 Å². The Kier molecular flexibility index (Phi) is 4.84. The van der Waals surface area contributed by atoms with Crippen LogP contribution in [0.15, 0.2) is 18.2 Å². The minimum absolute atomic E-state index is 0.329. The first kappa shape index (κ1) is 14.7. The van der Waals surface area contributed by atoms with E-state index < -0.39 is 0 Å². The van der Waals surface area contributed by atoms with Crippen LogP contribution >= 0.6 is 0 Å². The van der Waals surface area contributed by atoms with Crippen molar-refractivity contribution < 1.29 is 9.53 Å². The zero-order valence-corrected chi connectivity index (χ0v) is 12.2. The first-order chi connectivity index (χ1) is 9.65. The predicted octanol–water partition coefficient (Wildman–Crippen LogP) is 2.39. The van der Waals surface area contributed by atoms with Gasteiger partial charge in [0, 0.05) is 37.8 Å². The molecular formula is C15H23N3O2. The number of ether oxygens (including phenoxy) is 1. The Morgan fingerprint density at radius 2 is 2.35 bits per heavy atom. The Bertz CT molecular complexity index is 476. The van der Waals surface area contributed by atoms with Crippen LogP contribution < -0.4 is 15.8 Å². The second-order valence-electron chi connectivity index (χ2n) is 5.14. The van der Waals surface area contributed by atoms with Crippen molar-refractivity contribution in [1.29, 1.82) is 0 Å². The number of anilines is 1. The van der Waals surface area contributed by atoms with Crippen molar-refractivity contribution in [1.82, 2.24) is 4.90 Å². The van der Waals surface area contributed by atoms with Crippen LogP contribution in [0.4, 0.5) is 10.5 Å². The molecule has 1 aliphatic heterocycles. The number of hydrogen-bond donors (Lipinski definition) is 2. The summed E-state index contributed by atoms with van der Waals surface area (Å²) in [4.78, 5) is 13.3. The summed E-state index contributed by atoms with van der Waals surface area (Å²) in [5.41, 5.74) is 7.92. The molecule has 5 heteroatoms. The summed E-state index contributed by atoms with van der Waals surface area (Å²) >= 11 is 0. The molecule has 1 unspecified atom stereocenters. The molecule has 3 N–H and O–H groups in total. The highest BCUT2D eigenvalue weighted by Crippen LogP contribution is 2.36. The molecule has 0 aromatic heterocycles. The molecule has 0 bridgehead atoms. The summed E-state index contributed by atoms with van der Waals surface area (Å²) in [7, 11) is 1.72. The number of carbonyl (C=O) groups is 1. The third-order valence-electron chi connectivity index (χ3n) is 3.75. The van der Waals surface area contributed by atoms with Gasteiger partial charge in [-0.1, -0.05) is 6.07 Å². The Labute approximate surface area is 120 Å². The quantitative estimate of drug-likeness (QED) is 0.867. The van der Waals surface area contributed by atoms with E-state index in [9.17, 15) is 4.79 Å². The van der Waals surface area contributed by atoms with Gasteiger partial charge in [0.2, 0.25) is 0 Å². The van der Waals surface area contributed by atoms with E-state index in [-0.39, 0.29) is 6.09 Å². The lowest BCUT2D eigenvalue weighted by Crippen LogP contribution is -2.29. The fourth-order valence-electron chi connectivity index (χ4n) is 2.38. The van der Waals surface area contributed by atoms with Crippen molar-refractivity contribution in [2.24, 2.45) is 5.73 Å². The maximum Gasteiger partial charge on any atom is 0.414 e. The SMILES string of the molecule is CCN(C)C(=O)Oc1ccc2c(c1)NCC2CCCN. The van der Waals surface area contributed by atoms with Gasteiger partial charge < -0.3 is 20.7 Å². The fraction of sp³-hybridized carbons (Fsp3) is 0.533. The van der Waals surface area contributed by atoms with Crippen molar-refractivity contribution in [2.75, 3.05) is 32.0 Å². The van der Waals surface area contributed by atoms with Crippen LogP contribution in [0.5, 0.6) is 5.75 Å². The molecule has 0 spiro atoms. The Morgan fingerprint density at radius 1 is 1.55 bits per heavy atom. The van der Waals surface area contributed by atoms with Crippen molar-refractivity contribution in [3.63, 3.8) is 0 Å². The Hall–Kier alpha value is -1.75. The minimum atomic E-state index is -0.329. The van der Waals surface area contributed by atoms with Crippen molar-refractivity contribution in [3.8, 4) is 5.75 Å². The molecule has 1 aromatic rings. The lowest BCUT2D eigenvalue weighted by atomic mass is 9.96. The largest absolute Gasteiger partial charge is 0.414 e. The van der Waals surface area contributed by atoms with Gasteiger partial charge in [-0.3, -0.25) is 0 Å².